The van der Waals surface area contributed by atoms with Gasteiger partial charge in [-0.3, -0.25) is 4.79 Å². The Bertz CT molecular complexity index is 1080. The van der Waals surface area contributed by atoms with Gasteiger partial charge in [-0.05, 0) is 43.2 Å². The van der Waals surface area contributed by atoms with E-state index in [4.69, 9.17) is 4.74 Å². The average molecular weight is 450 g/mol. The van der Waals surface area contributed by atoms with E-state index in [0.717, 1.165) is 30.2 Å². The van der Waals surface area contributed by atoms with Gasteiger partial charge in [-0.1, -0.05) is 12.1 Å². The summed E-state index contributed by atoms with van der Waals surface area (Å²) in [4.78, 5) is 26.8. The number of amides is 1. The van der Waals surface area contributed by atoms with Gasteiger partial charge in [0.15, 0.2) is 6.61 Å². The van der Waals surface area contributed by atoms with Crippen LogP contribution in [-0.2, 0) is 19.6 Å². The Labute approximate surface area is 180 Å². The Balaban J connectivity index is 1.80. The molecule has 1 N–H and O–H groups in total. The summed E-state index contributed by atoms with van der Waals surface area (Å²) in [6.45, 7) is 0.818. The maximum Gasteiger partial charge on any atom is 0.340 e. The third-order valence-corrected chi connectivity index (χ3v) is 6.71. The van der Waals surface area contributed by atoms with Crippen LogP contribution in [0.4, 0.5) is 15.8 Å². The number of hydrogen-bond acceptors (Lipinski definition) is 6. The molecule has 1 amide bonds. The molecule has 0 unspecified atom stereocenters. The van der Waals surface area contributed by atoms with Gasteiger partial charge < -0.3 is 15.0 Å². The molecular weight excluding hydrogens is 425 g/mol. The van der Waals surface area contributed by atoms with Gasteiger partial charge >= 0.3 is 5.97 Å². The topological polar surface area (TPSA) is 96.0 Å². The van der Waals surface area contributed by atoms with E-state index in [1.165, 1.54) is 44.4 Å². The highest BCUT2D eigenvalue weighted by Crippen LogP contribution is 2.28. The molecule has 0 saturated carbocycles. The fourth-order valence-electron chi connectivity index (χ4n) is 3.24. The molecule has 1 fully saturated rings. The van der Waals surface area contributed by atoms with Crippen molar-refractivity contribution in [1.29, 1.82) is 0 Å². The Hall–Kier alpha value is -2.98. The molecule has 0 aliphatic carbocycles. The number of nitrogens with one attached hydrogen (secondary N) is 1. The minimum Gasteiger partial charge on any atom is -0.452 e. The SMILES string of the molecule is CN(C)S(=O)(=O)c1ccc(N2CCCC2)c(C(=O)OCC(=O)Nc2ccccc2F)c1. The molecule has 2 aromatic carbocycles. The molecule has 1 saturated heterocycles. The molecule has 10 heteroatoms. The Morgan fingerprint density at radius 2 is 1.81 bits per heavy atom. The van der Waals surface area contributed by atoms with E-state index in [1.54, 1.807) is 12.1 Å². The van der Waals surface area contributed by atoms with Gasteiger partial charge in [0.1, 0.15) is 5.82 Å². The lowest BCUT2D eigenvalue weighted by Gasteiger charge is -2.22. The number of carbonyl (C=O) groups is 2. The smallest absolute Gasteiger partial charge is 0.340 e. The second-order valence-corrected chi connectivity index (χ2v) is 9.42. The molecule has 1 aliphatic rings. The second kappa shape index (κ2) is 9.44. The molecule has 31 heavy (non-hydrogen) atoms. The van der Waals surface area contributed by atoms with Crippen molar-refractivity contribution in [3.63, 3.8) is 0 Å². The van der Waals surface area contributed by atoms with Gasteiger partial charge in [0.05, 0.1) is 21.8 Å². The number of esters is 1. The van der Waals surface area contributed by atoms with E-state index in [1.807, 2.05) is 4.90 Å². The number of halogens is 1. The number of carbonyl (C=O) groups excluding carboxylic acids is 2. The lowest BCUT2D eigenvalue weighted by molar-refractivity contribution is -0.119. The zero-order chi connectivity index (χ0) is 22.6. The first-order valence-corrected chi connectivity index (χ1v) is 11.2. The number of hydrogen-bond donors (Lipinski definition) is 1. The molecule has 0 spiro atoms. The van der Waals surface area contributed by atoms with E-state index in [0.29, 0.717) is 5.69 Å². The fourth-order valence-corrected chi connectivity index (χ4v) is 4.17. The summed E-state index contributed by atoms with van der Waals surface area (Å²) in [6, 6.07) is 9.92. The highest BCUT2D eigenvalue weighted by atomic mass is 32.2. The van der Waals surface area contributed by atoms with Crippen LogP contribution >= 0.6 is 0 Å². The minimum absolute atomic E-state index is 0.0274. The van der Waals surface area contributed by atoms with Crippen molar-refractivity contribution in [1.82, 2.24) is 4.31 Å². The van der Waals surface area contributed by atoms with Crippen molar-refractivity contribution in [2.45, 2.75) is 17.7 Å². The van der Waals surface area contributed by atoms with E-state index >= 15 is 0 Å². The summed E-state index contributed by atoms with van der Waals surface area (Å²) in [6.07, 6.45) is 1.91. The quantitative estimate of drug-likeness (QED) is 0.653. The zero-order valence-corrected chi connectivity index (χ0v) is 18.1. The number of rotatable bonds is 7. The molecule has 0 bridgehead atoms. The average Bonchev–Trinajstić information content (AvgIpc) is 3.28. The molecule has 1 aliphatic heterocycles. The standard InChI is InChI=1S/C21H24FN3O5S/c1-24(2)31(28,29)15-9-10-19(25-11-5-6-12-25)16(13-15)21(27)30-14-20(26)23-18-8-4-3-7-17(18)22/h3-4,7-10,13H,5-6,11-12,14H2,1-2H3,(H,23,26). The largest absolute Gasteiger partial charge is 0.452 e. The van der Waals surface area contributed by atoms with Crippen LogP contribution in [0.5, 0.6) is 0 Å². The number of nitrogens with zero attached hydrogens (tertiary/aromatic N) is 2. The summed E-state index contributed by atoms with van der Waals surface area (Å²) in [7, 11) is -0.969. The highest BCUT2D eigenvalue weighted by molar-refractivity contribution is 7.89. The summed E-state index contributed by atoms with van der Waals surface area (Å²) < 4.78 is 44.8. The van der Waals surface area contributed by atoms with Crippen molar-refractivity contribution in [2.24, 2.45) is 0 Å². The molecule has 0 radical (unpaired) electrons. The number of anilines is 2. The first kappa shape index (κ1) is 22.7. The van der Waals surface area contributed by atoms with Crippen LogP contribution < -0.4 is 10.2 Å². The molecule has 0 aromatic heterocycles. The summed E-state index contributed by atoms with van der Waals surface area (Å²) >= 11 is 0. The van der Waals surface area contributed by atoms with Gasteiger partial charge in [-0.25, -0.2) is 21.9 Å². The maximum atomic E-state index is 13.7. The number of para-hydroxylation sites is 1. The van der Waals surface area contributed by atoms with Crippen LogP contribution in [0, 0.1) is 5.82 Å². The van der Waals surface area contributed by atoms with Crippen LogP contribution in [0.15, 0.2) is 47.4 Å². The monoisotopic (exact) mass is 449 g/mol. The first-order chi connectivity index (χ1) is 14.7. The fraction of sp³-hybridized carbons (Fsp3) is 0.333. The van der Waals surface area contributed by atoms with Crippen molar-refractivity contribution in [3.8, 4) is 0 Å². The van der Waals surface area contributed by atoms with Crippen LogP contribution in [0.3, 0.4) is 0 Å². The summed E-state index contributed by atoms with van der Waals surface area (Å²) in [5.74, 6) is -2.15. The van der Waals surface area contributed by atoms with E-state index in [9.17, 15) is 22.4 Å². The van der Waals surface area contributed by atoms with Crippen molar-refractivity contribution in [2.75, 3.05) is 44.0 Å². The van der Waals surface area contributed by atoms with Gasteiger partial charge in [0, 0.05) is 27.2 Å². The predicted octanol–water partition coefficient (Wildman–Crippen LogP) is 2.47. The molecule has 0 atom stereocenters. The van der Waals surface area contributed by atoms with E-state index < -0.39 is 34.3 Å². The van der Waals surface area contributed by atoms with Gasteiger partial charge in [0.25, 0.3) is 5.91 Å². The molecule has 8 nitrogen and oxygen atoms in total. The van der Waals surface area contributed by atoms with Crippen LogP contribution in [0.25, 0.3) is 0 Å². The third-order valence-electron chi connectivity index (χ3n) is 4.90. The van der Waals surface area contributed by atoms with Gasteiger partial charge in [-0.2, -0.15) is 0 Å². The van der Waals surface area contributed by atoms with Crippen LogP contribution in [0.1, 0.15) is 23.2 Å². The lowest BCUT2D eigenvalue weighted by atomic mass is 10.1. The Morgan fingerprint density at radius 3 is 2.45 bits per heavy atom. The van der Waals surface area contributed by atoms with Crippen molar-refractivity contribution in [3.05, 3.63) is 53.8 Å². The summed E-state index contributed by atoms with van der Waals surface area (Å²) in [5, 5.41) is 2.33. The number of sulfonamides is 1. The minimum atomic E-state index is -3.76. The van der Waals surface area contributed by atoms with Crippen LogP contribution in [0.2, 0.25) is 0 Å². The zero-order valence-electron chi connectivity index (χ0n) is 17.3. The third kappa shape index (κ3) is 5.20. The van der Waals surface area contributed by atoms with Crippen molar-refractivity contribution >= 4 is 33.3 Å². The summed E-state index contributed by atoms with van der Waals surface area (Å²) in [5.41, 5.74) is 0.582. The van der Waals surface area contributed by atoms with E-state index in [2.05, 4.69) is 5.32 Å². The van der Waals surface area contributed by atoms with E-state index in [-0.39, 0.29) is 16.1 Å². The van der Waals surface area contributed by atoms with Crippen molar-refractivity contribution < 1.29 is 27.1 Å². The second-order valence-electron chi connectivity index (χ2n) is 7.26. The molecule has 166 valence electrons. The predicted molar refractivity (Wildman–Crippen MR) is 114 cm³/mol. The maximum absolute atomic E-state index is 13.7. The number of ether oxygens (including phenoxy) is 1. The Kier molecular flexibility index (Phi) is 6.91. The Morgan fingerprint density at radius 1 is 1.13 bits per heavy atom. The lowest BCUT2D eigenvalue weighted by Crippen LogP contribution is -2.26. The highest BCUT2D eigenvalue weighted by Gasteiger charge is 2.25. The first-order valence-electron chi connectivity index (χ1n) is 9.73. The van der Waals surface area contributed by atoms with Crippen LogP contribution in [-0.4, -0.2) is 58.4 Å². The van der Waals surface area contributed by atoms with Gasteiger partial charge in [-0.15, -0.1) is 0 Å². The molecule has 1 heterocycles. The molecule has 2 aromatic rings. The van der Waals surface area contributed by atoms with Gasteiger partial charge in [0.2, 0.25) is 10.0 Å². The normalized spacial score (nSPS) is 14.0. The molecular formula is C21H24FN3O5S. The number of benzene rings is 2. The molecule has 3 rings (SSSR count).